The SMILES string of the molecule is CNS(=O)(=O)c1ccc(OC(F)(F)F)c(Nc2ncnc3cc(OC)c(OC)cc23)c1.O=C(O)C(F)(F)F. The van der Waals surface area contributed by atoms with Crippen LogP contribution in [0.3, 0.4) is 0 Å². The van der Waals surface area contributed by atoms with E-state index in [1.54, 1.807) is 6.07 Å². The third-order valence-electron chi connectivity index (χ3n) is 4.39. The lowest BCUT2D eigenvalue weighted by atomic mass is 10.2. The van der Waals surface area contributed by atoms with Crippen LogP contribution < -0.4 is 24.2 Å². The molecule has 0 aliphatic carbocycles. The van der Waals surface area contributed by atoms with Gasteiger partial charge >= 0.3 is 18.5 Å². The van der Waals surface area contributed by atoms with Crippen LogP contribution in [0.25, 0.3) is 10.9 Å². The van der Waals surface area contributed by atoms with E-state index in [-0.39, 0.29) is 16.4 Å². The third kappa shape index (κ3) is 7.72. The topological polar surface area (TPSA) is 149 Å². The molecule has 0 aliphatic heterocycles. The summed E-state index contributed by atoms with van der Waals surface area (Å²) in [6, 6.07) is 5.99. The van der Waals surface area contributed by atoms with Crippen LogP contribution in [0.2, 0.25) is 0 Å². The fraction of sp³-hybridized carbons (Fsp3) is 0.250. The predicted molar refractivity (Wildman–Crippen MR) is 119 cm³/mol. The minimum absolute atomic E-state index is 0.0944. The maximum absolute atomic E-state index is 12.9. The Morgan fingerprint density at radius 2 is 1.53 bits per heavy atom. The molecule has 0 unspecified atom stereocenters. The van der Waals surface area contributed by atoms with E-state index in [2.05, 4.69) is 24.7 Å². The van der Waals surface area contributed by atoms with Gasteiger partial charge in [-0.05, 0) is 31.3 Å². The minimum atomic E-state index is -5.08. The van der Waals surface area contributed by atoms with Crippen molar-refractivity contribution in [1.82, 2.24) is 14.7 Å². The monoisotopic (exact) mass is 572 g/mol. The summed E-state index contributed by atoms with van der Waals surface area (Å²) in [4.78, 5) is 16.8. The first-order valence-corrected chi connectivity index (χ1v) is 11.3. The van der Waals surface area contributed by atoms with Gasteiger partial charge in [0.05, 0.1) is 30.3 Å². The zero-order valence-corrected chi connectivity index (χ0v) is 20.2. The van der Waals surface area contributed by atoms with Crippen molar-refractivity contribution in [1.29, 1.82) is 0 Å². The summed E-state index contributed by atoms with van der Waals surface area (Å²) in [6.45, 7) is 0. The quantitative estimate of drug-likeness (QED) is 0.357. The molecule has 208 valence electrons. The molecule has 38 heavy (non-hydrogen) atoms. The van der Waals surface area contributed by atoms with Crippen LogP contribution in [0.15, 0.2) is 41.6 Å². The first kappa shape index (κ1) is 30.2. The molecule has 0 fully saturated rings. The average Bonchev–Trinajstić information content (AvgIpc) is 2.83. The summed E-state index contributed by atoms with van der Waals surface area (Å²) < 4.78 is 111. The summed E-state index contributed by atoms with van der Waals surface area (Å²) in [6.07, 6.45) is -8.89. The average molecular weight is 572 g/mol. The van der Waals surface area contributed by atoms with Gasteiger partial charge < -0.3 is 24.6 Å². The van der Waals surface area contributed by atoms with Crippen LogP contribution in [0.5, 0.6) is 17.2 Å². The molecule has 0 spiro atoms. The van der Waals surface area contributed by atoms with Crippen molar-refractivity contribution in [2.24, 2.45) is 0 Å². The van der Waals surface area contributed by atoms with Crippen LogP contribution >= 0.6 is 0 Å². The maximum atomic E-state index is 12.9. The van der Waals surface area contributed by atoms with Crippen molar-refractivity contribution in [2.45, 2.75) is 17.4 Å². The van der Waals surface area contributed by atoms with Gasteiger partial charge in [-0.1, -0.05) is 0 Å². The number of nitrogens with zero attached hydrogens (tertiary/aromatic N) is 2. The van der Waals surface area contributed by atoms with E-state index in [0.29, 0.717) is 22.4 Å². The second kappa shape index (κ2) is 11.5. The van der Waals surface area contributed by atoms with E-state index in [1.165, 1.54) is 33.7 Å². The number of carbonyl (C=O) groups is 1. The molecule has 3 N–H and O–H groups in total. The van der Waals surface area contributed by atoms with Gasteiger partial charge in [-0.25, -0.2) is 27.9 Å². The Hall–Kier alpha value is -4.06. The molecular formula is C20H18F6N4O7S. The van der Waals surface area contributed by atoms with Gasteiger partial charge in [0.25, 0.3) is 0 Å². The van der Waals surface area contributed by atoms with Crippen LogP contribution in [0.4, 0.5) is 37.8 Å². The van der Waals surface area contributed by atoms with E-state index in [0.717, 1.165) is 18.2 Å². The number of carboxylic acid groups (broad SMARTS) is 1. The second-order valence-electron chi connectivity index (χ2n) is 6.79. The number of anilines is 2. The highest BCUT2D eigenvalue weighted by Crippen LogP contribution is 2.38. The molecule has 0 saturated heterocycles. The fourth-order valence-electron chi connectivity index (χ4n) is 2.72. The zero-order chi connectivity index (χ0) is 28.9. The number of methoxy groups -OCH3 is 2. The number of sulfonamides is 1. The smallest absolute Gasteiger partial charge is 0.493 e. The molecule has 3 aromatic rings. The number of benzene rings is 2. The van der Waals surface area contributed by atoms with Crippen molar-refractivity contribution in [3.05, 3.63) is 36.7 Å². The number of hydrogen-bond donors (Lipinski definition) is 3. The Bertz CT molecular complexity index is 1420. The summed E-state index contributed by atoms with van der Waals surface area (Å²) in [7, 11) is 0.111. The third-order valence-corrected chi connectivity index (χ3v) is 5.80. The van der Waals surface area contributed by atoms with Crippen LogP contribution in [-0.2, 0) is 14.8 Å². The van der Waals surface area contributed by atoms with E-state index in [1.807, 2.05) is 0 Å². The normalized spacial score (nSPS) is 11.8. The van der Waals surface area contributed by atoms with Gasteiger partial charge in [0.15, 0.2) is 17.2 Å². The minimum Gasteiger partial charge on any atom is -0.493 e. The number of aromatic nitrogens is 2. The first-order chi connectivity index (χ1) is 17.5. The van der Waals surface area contributed by atoms with Crippen molar-refractivity contribution >= 4 is 38.4 Å². The van der Waals surface area contributed by atoms with E-state index in [9.17, 15) is 34.8 Å². The summed E-state index contributed by atoms with van der Waals surface area (Å²) in [5, 5.41) is 10.2. The van der Waals surface area contributed by atoms with Gasteiger partial charge in [0, 0.05) is 11.5 Å². The molecule has 0 aliphatic rings. The number of fused-ring (bicyclic) bond motifs is 1. The summed E-state index contributed by atoms with van der Waals surface area (Å²) in [5.74, 6) is -2.58. The van der Waals surface area contributed by atoms with Crippen LogP contribution in [-0.4, -0.2) is 63.3 Å². The molecule has 0 amide bonds. The largest absolute Gasteiger partial charge is 0.573 e. The Balaban J connectivity index is 0.000000638. The standard InChI is InChI=1S/C18H17F3N4O5S.C2HF3O2/c1-22-31(26,27)10-4-5-14(30-18(19,20)21)13(6-10)25-17-11-7-15(28-2)16(29-3)8-12(11)23-9-24-17;3-2(4,5)1(6)7/h4-9,22H,1-3H3,(H,23,24,25);(H,6,7). The number of nitrogens with one attached hydrogen (secondary N) is 2. The van der Waals surface area contributed by atoms with Gasteiger partial charge in [0.1, 0.15) is 12.1 Å². The molecule has 11 nitrogen and oxygen atoms in total. The number of aliphatic carboxylic acids is 1. The van der Waals surface area contributed by atoms with Gasteiger partial charge in [-0.2, -0.15) is 13.2 Å². The van der Waals surface area contributed by atoms with Crippen LogP contribution in [0.1, 0.15) is 0 Å². The Kier molecular flexibility index (Phi) is 9.17. The number of alkyl halides is 6. The summed E-state index contributed by atoms with van der Waals surface area (Å²) >= 11 is 0. The highest BCUT2D eigenvalue weighted by atomic mass is 32.2. The van der Waals surface area contributed by atoms with E-state index in [4.69, 9.17) is 19.4 Å². The van der Waals surface area contributed by atoms with Gasteiger partial charge in [-0.3, -0.25) is 0 Å². The van der Waals surface area contributed by atoms with Crippen molar-refractivity contribution in [3.8, 4) is 17.2 Å². The Morgan fingerprint density at radius 1 is 0.947 bits per heavy atom. The molecule has 1 aromatic heterocycles. The highest BCUT2D eigenvalue weighted by molar-refractivity contribution is 7.89. The molecule has 2 aromatic carbocycles. The van der Waals surface area contributed by atoms with Crippen molar-refractivity contribution < 1.29 is 58.9 Å². The lowest BCUT2D eigenvalue weighted by molar-refractivity contribution is -0.274. The molecule has 0 saturated carbocycles. The lowest BCUT2D eigenvalue weighted by Crippen LogP contribution is -2.21. The fourth-order valence-corrected chi connectivity index (χ4v) is 3.47. The van der Waals surface area contributed by atoms with E-state index < -0.39 is 34.3 Å². The van der Waals surface area contributed by atoms with E-state index >= 15 is 0 Å². The lowest BCUT2D eigenvalue weighted by Gasteiger charge is -2.17. The first-order valence-electron chi connectivity index (χ1n) is 9.79. The van der Waals surface area contributed by atoms with Gasteiger partial charge in [0.2, 0.25) is 10.0 Å². The van der Waals surface area contributed by atoms with Crippen molar-refractivity contribution in [2.75, 3.05) is 26.6 Å². The van der Waals surface area contributed by atoms with Crippen molar-refractivity contribution in [3.63, 3.8) is 0 Å². The molecule has 0 bridgehead atoms. The number of rotatable bonds is 7. The van der Waals surface area contributed by atoms with Gasteiger partial charge in [-0.15, -0.1) is 13.2 Å². The maximum Gasteiger partial charge on any atom is 0.573 e. The number of halogens is 6. The molecule has 0 atom stereocenters. The molecular weight excluding hydrogens is 554 g/mol. The predicted octanol–water partition coefficient (Wildman–Crippen LogP) is 3.83. The molecule has 1 heterocycles. The second-order valence-corrected chi connectivity index (χ2v) is 8.67. The molecule has 3 rings (SSSR count). The Labute approximate surface area is 210 Å². The zero-order valence-electron chi connectivity index (χ0n) is 19.4. The molecule has 18 heteroatoms. The number of carboxylic acids is 1. The summed E-state index contributed by atoms with van der Waals surface area (Å²) in [5.41, 5.74) is 0.135. The number of hydrogen-bond acceptors (Lipinski definition) is 9. The van der Waals surface area contributed by atoms with Crippen LogP contribution in [0, 0.1) is 0 Å². The number of ether oxygens (including phenoxy) is 3. The highest BCUT2D eigenvalue weighted by Gasteiger charge is 2.38. The molecule has 0 radical (unpaired) electrons. The Morgan fingerprint density at radius 3 is 2.03 bits per heavy atom.